The Bertz CT molecular complexity index is 1550. The second-order valence-corrected chi connectivity index (χ2v) is 13.7. The highest BCUT2D eigenvalue weighted by molar-refractivity contribution is 6.05. The number of allylic oxidation sites excluding steroid dienone is 1. The molecule has 2 bridgehead atoms. The predicted octanol–water partition coefficient (Wildman–Crippen LogP) is 4.36. The largest absolute Gasteiger partial charge is 0.497 e. The Labute approximate surface area is 294 Å². The van der Waals surface area contributed by atoms with Crippen LogP contribution in [-0.2, 0) is 28.7 Å². The number of nitrogens with zero attached hydrogens (tertiary/aromatic N) is 2. The number of amides is 3. The lowest BCUT2D eigenvalue weighted by Crippen LogP contribution is -2.59. The molecule has 0 saturated carbocycles. The number of nitrogens with one attached hydrogen (secondary N) is 1. The zero-order valence-corrected chi connectivity index (χ0v) is 29.2. The number of rotatable bonds is 17. The molecule has 0 aromatic heterocycles. The van der Waals surface area contributed by atoms with E-state index in [0.717, 1.165) is 0 Å². The van der Waals surface area contributed by atoms with Gasteiger partial charge in [0.1, 0.15) is 23.5 Å². The third kappa shape index (κ3) is 7.20. The normalized spacial score (nSPS) is 24.7. The average molecular weight is 688 g/mol. The van der Waals surface area contributed by atoms with E-state index in [2.05, 4.69) is 18.5 Å². The second-order valence-electron chi connectivity index (χ2n) is 13.7. The van der Waals surface area contributed by atoms with Gasteiger partial charge in [0.25, 0.3) is 5.91 Å². The van der Waals surface area contributed by atoms with Crippen molar-refractivity contribution in [2.75, 3.05) is 31.7 Å². The monoisotopic (exact) mass is 687 g/mol. The minimum Gasteiger partial charge on any atom is -0.497 e. The van der Waals surface area contributed by atoms with Crippen LogP contribution in [0, 0.1) is 17.8 Å². The molecule has 2 aromatic rings. The third-order valence-electron chi connectivity index (χ3n) is 10.0. The number of hydrogen-bond donors (Lipinski definition) is 2. The lowest BCUT2D eigenvalue weighted by molar-refractivity contribution is -0.161. The molecule has 3 aliphatic heterocycles. The molecule has 3 fully saturated rings. The summed E-state index contributed by atoms with van der Waals surface area (Å²) in [5, 5.41) is 13.5. The molecule has 7 atom stereocenters. The summed E-state index contributed by atoms with van der Waals surface area (Å²) in [6.07, 6.45) is 3.87. The average Bonchev–Trinajstić information content (AvgIpc) is 3.77. The van der Waals surface area contributed by atoms with Crippen LogP contribution in [0.1, 0.15) is 57.6 Å². The van der Waals surface area contributed by atoms with Gasteiger partial charge in [-0.05, 0) is 61.4 Å². The van der Waals surface area contributed by atoms with Crippen LogP contribution >= 0.6 is 0 Å². The molecule has 0 aliphatic carbocycles. The van der Waals surface area contributed by atoms with E-state index in [9.17, 15) is 24.3 Å². The number of ether oxygens (including phenoxy) is 3. The molecule has 0 radical (unpaired) electrons. The van der Waals surface area contributed by atoms with Crippen molar-refractivity contribution in [2.24, 2.45) is 17.8 Å². The Morgan fingerprint density at radius 2 is 1.84 bits per heavy atom. The summed E-state index contributed by atoms with van der Waals surface area (Å²) in [4.78, 5) is 59.4. The number of likely N-dealkylation sites (tertiary alicyclic amines) is 1. The minimum absolute atomic E-state index is 0.0420. The number of carbonyl (C=O) groups is 4. The van der Waals surface area contributed by atoms with Crippen molar-refractivity contribution in [1.82, 2.24) is 10.2 Å². The Morgan fingerprint density at radius 3 is 2.46 bits per heavy atom. The van der Waals surface area contributed by atoms with Gasteiger partial charge in [0.05, 0.1) is 44.2 Å². The van der Waals surface area contributed by atoms with E-state index < -0.39 is 53.6 Å². The third-order valence-corrected chi connectivity index (χ3v) is 10.0. The van der Waals surface area contributed by atoms with Crippen molar-refractivity contribution < 1.29 is 38.5 Å². The van der Waals surface area contributed by atoms with Crippen molar-refractivity contribution in [3.05, 3.63) is 85.5 Å². The van der Waals surface area contributed by atoms with Crippen molar-refractivity contribution in [3.63, 3.8) is 0 Å². The first-order valence-corrected chi connectivity index (χ1v) is 17.4. The number of fused-ring (bicyclic) bond motifs is 1. The van der Waals surface area contributed by atoms with E-state index in [4.69, 9.17) is 14.2 Å². The van der Waals surface area contributed by atoms with Gasteiger partial charge in [0.15, 0.2) is 0 Å². The van der Waals surface area contributed by atoms with E-state index in [1.165, 1.54) is 4.90 Å². The predicted molar refractivity (Wildman–Crippen MR) is 188 cm³/mol. The van der Waals surface area contributed by atoms with Crippen LogP contribution in [0.4, 0.5) is 5.69 Å². The Kier molecular flexibility index (Phi) is 11.8. The smallest absolute Gasteiger partial charge is 0.313 e. The number of methoxy groups -OCH3 is 1. The van der Waals surface area contributed by atoms with E-state index >= 15 is 0 Å². The fraction of sp³-hybridized carbons (Fsp3) is 0.487. The van der Waals surface area contributed by atoms with Crippen LogP contribution in [0.3, 0.4) is 0 Å². The van der Waals surface area contributed by atoms with E-state index in [0.29, 0.717) is 42.7 Å². The number of anilines is 1. The molecule has 50 heavy (non-hydrogen) atoms. The van der Waals surface area contributed by atoms with Gasteiger partial charge in [-0.1, -0.05) is 56.3 Å². The lowest BCUT2D eigenvalue weighted by atomic mass is 9.70. The Hall–Kier alpha value is -4.48. The molecule has 3 heterocycles. The minimum atomic E-state index is -1.31. The summed E-state index contributed by atoms with van der Waals surface area (Å²) in [6.45, 7) is 11.4. The molecule has 268 valence electrons. The van der Waals surface area contributed by atoms with Crippen LogP contribution < -0.4 is 15.0 Å². The van der Waals surface area contributed by atoms with E-state index in [1.54, 1.807) is 48.4 Å². The Morgan fingerprint density at radius 1 is 1.12 bits per heavy atom. The van der Waals surface area contributed by atoms with Crippen LogP contribution in [-0.4, -0.2) is 84.3 Å². The van der Waals surface area contributed by atoms with Crippen LogP contribution in [0.15, 0.2) is 79.9 Å². The first-order valence-electron chi connectivity index (χ1n) is 17.4. The maximum atomic E-state index is 14.9. The van der Waals surface area contributed by atoms with Gasteiger partial charge < -0.3 is 34.4 Å². The van der Waals surface area contributed by atoms with Gasteiger partial charge in [-0.2, -0.15) is 0 Å². The number of aliphatic hydroxyl groups excluding tert-OH is 1. The zero-order valence-electron chi connectivity index (χ0n) is 29.2. The van der Waals surface area contributed by atoms with E-state index in [1.807, 2.05) is 44.2 Å². The molecule has 3 saturated heterocycles. The quantitative estimate of drug-likeness (QED) is 0.185. The zero-order chi connectivity index (χ0) is 36.0. The summed E-state index contributed by atoms with van der Waals surface area (Å²) < 4.78 is 18.1. The molecular weight excluding hydrogens is 638 g/mol. The molecule has 2 N–H and O–H groups in total. The van der Waals surface area contributed by atoms with Crippen LogP contribution in [0.5, 0.6) is 5.75 Å². The first kappa shape index (κ1) is 36.8. The first-order chi connectivity index (χ1) is 24.1. The van der Waals surface area contributed by atoms with Gasteiger partial charge in [-0.25, -0.2) is 0 Å². The molecule has 0 unspecified atom stereocenters. The lowest BCUT2D eigenvalue weighted by Gasteiger charge is -2.39. The fourth-order valence-corrected chi connectivity index (χ4v) is 7.86. The Balaban J connectivity index is 1.50. The molecular formula is C39H49N3O8. The van der Waals surface area contributed by atoms with Crippen molar-refractivity contribution in [2.45, 2.75) is 75.8 Å². The SMILES string of the molecule is C=CCCC(=O)NC[C@@H](OC(=O)[C@@H]1[C@@H]2CC[C@]3(O2)[C@H](C(=O)N(CC=C)c2ccc(OC)cc2)N([C@@H](CO)CC(C)C)C(=O)[C@@H]13)c1ccccc1. The van der Waals surface area contributed by atoms with Crippen molar-refractivity contribution in [1.29, 1.82) is 0 Å². The van der Waals surface area contributed by atoms with Crippen molar-refractivity contribution >= 4 is 29.4 Å². The van der Waals surface area contributed by atoms with Gasteiger partial charge >= 0.3 is 5.97 Å². The molecule has 3 aliphatic rings. The summed E-state index contributed by atoms with van der Waals surface area (Å²) >= 11 is 0. The van der Waals surface area contributed by atoms with Crippen LogP contribution in [0.25, 0.3) is 0 Å². The van der Waals surface area contributed by atoms with Crippen molar-refractivity contribution in [3.8, 4) is 5.75 Å². The summed E-state index contributed by atoms with van der Waals surface area (Å²) in [5.41, 5.74) is -0.0374. The topological polar surface area (TPSA) is 135 Å². The summed E-state index contributed by atoms with van der Waals surface area (Å²) in [7, 11) is 1.56. The molecule has 5 rings (SSSR count). The molecule has 11 nitrogen and oxygen atoms in total. The van der Waals surface area contributed by atoms with Gasteiger partial charge in [0, 0.05) is 18.7 Å². The molecule has 11 heteroatoms. The fourth-order valence-electron chi connectivity index (χ4n) is 7.86. The highest BCUT2D eigenvalue weighted by Gasteiger charge is 2.75. The second kappa shape index (κ2) is 16.0. The number of benzene rings is 2. The van der Waals surface area contributed by atoms with Gasteiger partial charge in [-0.15, -0.1) is 13.2 Å². The maximum Gasteiger partial charge on any atom is 0.313 e. The summed E-state index contributed by atoms with van der Waals surface area (Å²) in [5.74, 6) is -2.87. The highest BCUT2D eigenvalue weighted by Crippen LogP contribution is 2.59. The van der Waals surface area contributed by atoms with E-state index in [-0.39, 0.29) is 43.8 Å². The standard InChI is InChI=1S/C39H49N3O8/c1-6-8-14-32(44)40-23-31(26-12-10-9-11-13-26)49-38(47)33-30-19-20-39(50-30)34(33)36(45)42(28(24-43)22-25(3)4)35(39)37(46)41(21-7-2)27-15-17-29(48-5)18-16-27/h6-7,9-13,15-18,25,28,30-31,33-35,43H,1-2,8,14,19-24H2,3-5H3,(H,40,44)/t28-,30+,31-,33-,34-,35+,39-/m1/s1. The van der Waals surface area contributed by atoms with Gasteiger partial charge in [0.2, 0.25) is 11.8 Å². The summed E-state index contributed by atoms with van der Waals surface area (Å²) in [6, 6.07) is 14.4. The molecule has 3 amide bonds. The highest BCUT2D eigenvalue weighted by atomic mass is 16.6. The number of aliphatic hydroxyl groups is 1. The van der Waals surface area contributed by atoms with Crippen LogP contribution in [0.2, 0.25) is 0 Å². The molecule has 2 aromatic carbocycles. The number of esters is 1. The number of carbonyl (C=O) groups excluding carboxylic acids is 4. The number of hydrogen-bond acceptors (Lipinski definition) is 8. The van der Waals surface area contributed by atoms with Gasteiger partial charge in [-0.3, -0.25) is 19.2 Å². The molecule has 1 spiro atoms. The maximum absolute atomic E-state index is 14.9.